The van der Waals surface area contributed by atoms with Crippen LogP contribution in [0.25, 0.3) is 6.08 Å². The Morgan fingerprint density at radius 1 is 1.09 bits per heavy atom. The van der Waals surface area contributed by atoms with Gasteiger partial charge in [-0.15, -0.1) is 0 Å². The van der Waals surface area contributed by atoms with Crippen molar-refractivity contribution in [2.75, 3.05) is 4.90 Å². The van der Waals surface area contributed by atoms with Crippen molar-refractivity contribution in [2.24, 2.45) is 0 Å². The number of anilines is 1. The third-order valence-corrected chi connectivity index (χ3v) is 4.58. The maximum absolute atomic E-state index is 12.6. The lowest BCUT2D eigenvalue weighted by atomic mass is 10.1. The molecular weight excluding hydrogens is 314 g/mol. The van der Waals surface area contributed by atoms with Crippen LogP contribution in [0.2, 0.25) is 0 Å². The topological polar surface area (TPSA) is 40.5 Å². The summed E-state index contributed by atoms with van der Waals surface area (Å²) >= 11 is 6.60. The molecule has 3 nitrogen and oxygen atoms in total. The highest BCUT2D eigenvalue weighted by Crippen LogP contribution is 2.36. The van der Waals surface area contributed by atoms with E-state index in [-0.39, 0.29) is 11.7 Å². The average Bonchev–Trinajstić information content (AvgIpc) is 2.77. The van der Waals surface area contributed by atoms with Gasteiger partial charge in [-0.1, -0.05) is 53.8 Å². The first-order valence-electron chi connectivity index (χ1n) is 6.68. The lowest BCUT2D eigenvalue weighted by Gasteiger charge is -2.14. The molecule has 1 aliphatic rings. The van der Waals surface area contributed by atoms with E-state index in [4.69, 9.17) is 12.2 Å². The number of benzene rings is 2. The molecular formula is C17H13NO2S2. The van der Waals surface area contributed by atoms with E-state index in [1.807, 2.05) is 37.3 Å². The lowest BCUT2D eigenvalue weighted by Crippen LogP contribution is -2.27. The van der Waals surface area contributed by atoms with Gasteiger partial charge in [-0.25, -0.2) is 0 Å². The minimum Gasteiger partial charge on any atom is -0.508 e. The molecule has 0 aromatic heterocycles. The number of carbonyl (C=O) groups excluding carboxylic acids is 1. The van der Waals surface area contributed by atoms with E-state index < -0.39 is 0 Å². The second-order valence-electron chi connectivity index (χ2n) is 4.94. The Kier molecular flexibility index (Phi) is 4.00. The van der Waals surface area contributed by atoms with Crippen LogP contribution >= 0.6 is 24.0 Å². The number of aryl methyl sites for hydroxylation is 1. The van der Waals surface area contributed by atoms with Crippen molar-refractivity contribution in [3.8, 4) is 5.75 Å². The number of rotatable bonds is 2. The molecule has 2 aromatic rings. The first kappa shape index (κ1) is 14.8. The SMILES string of the molecule is Cc1ccc(C=C2SC(=S)N(c3ccc(O)cc3)C2=O)cc1. The number of thiocarbonyl (C=S) groups is 1. The van der Waals surface area contributed by atoms with Crippen molar-refractivity contribution in [3.63, 3.8) is 0 Å². The van der Waals surface area contributed by atoms with Gasteiger partial charge in [-0.05, 0) is 42.8 Å². The maximum Gasteiger partial charge on any atom is 0.270 e. The Labute approximate surface area is 138 Å². The van der Waals surface area contributed by atoms with Gasteiger partial charge in [0, 0.05) is 0 Å². The fourth-order valence-electron chi connectivity index (χ4n) is 2.11. The van der Waals surface area contributed by atoms with Gasteiger partial charge in [0.2, 0.25) is 0 Å². The molecule has 3 rings (SSSR count). The third-order valence-electron chi connectivity index (χ3n) is 3.28. The Morgan fingerprint density at radius 3 is 2.36 bits per heavy atom. The molecule has 22 heavy (non-hydrogen) atoms. The molecule has 1 N–H and O–H groups in total. The standard InChI is InChI=1S/C17H13NO2S2/c1-11-2-4-12(5-3-11)10-15-16(20)18(17(21)22-15)13-6-8-14(19)9-7-13/h2-10,19H,1H3. The van der Waals surface area contributed by atoms with Gasteiger partial charge in [-0.3, -0.25) is 9.69 Å². The quantitative estimate of drug-likeness (QED) is 0.666. The van der Waals surface area contributed by atoms with Crippen molar-refractivity contribution in [1.82, 2.24) is 0 Å². The Hall–Kier alpha value is -2.11. The molecule has 0 radical (unpaired) electrons. The number of hydrogen-bond acceptors (Lipinski definition) is 4. The highest BCUT2D eigenvalue weighted by atomic mass is 32.2. The Bertz CT molecular complexity index is 764. The predicted molar refractivity (Wildman–Crippen MR) is 94.9 cm³/mol. The van der Waals surface area contributed by atoms with Crippen LogP contribution in [0.1, 0.15) is 11.1 Å². The molecule has 1 heterocycles. The summed E-state index contributed by atoms with van der Waals surface area (Å²) in [4.78, 5) is 14.6. The maximum atomic E-state index is 12.6. The van der Waals surface area contributed by atoms with E-state index in [0.717, 1.165) is 5.56 Å². The van der Waals surface area contributed by atoms with Crippen LogP contribution in [-0.4, -0.2) is 15.3 Å². The summed E-state index contributed by atoms with van der Waals surface area (Å²) in [5.41, 5.74) is 2.80. The molecule has 2 aromatic carbocycles. The van der Waals surface area contributed by atoms with Crippen molar-refractivity contribution in [3.05, 3.63) is 64.6 Å². The molecule has 110 valence electrons. The van der Waals surface area contributed by atoms with Gasteiger partial charge >= 0.3 is 0 Å². The Morgan fingerprint density at radius 2 is 1.73 bits per heavy atom. The van der Waals surface area contributed by atoms with Crippen LogP contribution in [0, 0.1) is 6.92 Å². The fourth-order valence-corrected chi connectivity index (χ4v) is 3.41. The lowest BCUT2D eigenvalue weighted by molar-refractivity contribution is -0.113. The summed E-state index contributed by atoms with van der Waals surface area (Å²) in [7, 11) is 0. The van der Waals surface area contributed by atoms with E-state index in [0.29, 0.717) is 14.9 Å². The molecule has 1 saturated heterocycles. The molecule has 0 saturated carbocycles. The van der Waals surface area contributed by atoms with Crippen LogP contribution in [0.5, 0.6) is 5.75 Å². The summed E-state index contributed by atoms with van der Waals surface area (Å²) in [6.07, 6.45) is 1.85. The van der Waals surface area contributed by atoms with Crippen LogP contribution in [0.3, 0.4) is 0 Å². The zero-order valence-corrected chi connectivity index (χ0v) is 13.4. The molecule has 0 unspecified atom stereocenters. The number of hydrogen-bond donors (Lipinski definition) is 1. The summed E-state index contributed by atoms with van der Waals surface area (Å²) in [6.45, 7) is 2.02. The van der Waals surface area contributed by atoms with Crippen LogP contribution < -0.4 is 4.90 Å². The van der Waals surface area contributed by atoms with Gasteiger partial charge < -0.3 is 5.11 Å². The number of thioether (sulfide) groups is 1. The van der Waals surface area contributed by atoms with Crippen LogP contribution in [-0.2, 0) is 4.79 Å². The minimum absolute atomic E-state index is 0.138. The smallest absolute Gasteiger partial charge is 0.270 e. The number of phenolic OH excluding ortho intramolecular Hbond substituents is 1. The molecule has 0 aliphatic carbocycles. The van der Waals surface area contributed by atoms with E-state index in [2.05, 4.69) is 0 Å². The second kappa shape index (κ2) is 5.94. The van der Waals surface area contributed by atoms with Crippen molar-refractivity contribution in [2.45, 2.75) is 6.92 Å². The summed E-state index contributed by atoms with van der Waals surface area (Å²) in [5.74, 6) is 0.0191. The molecule has 0 atom stereocenters. The minimum atomic E-state index is -0.138. The molecule has 1 amide bonds. The van der Waals surface area contributed by atoms with E-state index >= 15 is 0 Å². The number of phenols is 1. The average molecular weight is 327 g/mol. The zero-order chi connectivity index (χ0) is 15.7. The third kappa shape index (κ3) is 2.91. The first-order valence-corrected chi connectivity index (χ1v) is 7.91. The largest absolute Gasteiger partial charge is 0.508 e. The zero-order valence-electron chi connectivity index (χ0n) is 11.8. The fraction of sp³-hybridized carbons (Fsp3) is 0.0588. The van der Waals surface area contributed by atoms with Gasteiger partial charge in [0.1, 0.15) is 5.75 Å². The van der Waals surface area contributed by atoms with E-state index in [9.17, 15) is 9.90 Å². The molecule has 1 aliphatic heterocycles. The predicted octanol–water partition coefficient (Wildman–Crippen LogP) is 4.11. The number of carbonyl (C=O) groups is 1. The monoisotopic (exact) mass is 327 g/mol. The van der Waals surface area contributed by atoms with E-state index in [1.165, 1.54) is 34.4 Å². The van der Waals surface area contributed by atoms with Gasteiger partial charge in [0.05, 0.1) is 10.6 Å². The van der Waals surface area contributed by atoms with Crippen LogP contribution in [0.4, 0.5) is 5.69 Å². The van der Waals surface area contributed by atoms with Crippen molar-refractivity contribution in [1.29, 1.82) is 0 Å². The van der Waals surface area contributed by atoms with Gasteiger partial charge in [-0.2, -0.15) is 0 Å². The normalized spacial score (nSPS) is 16.6. The summed E-state index contributed by atoms with van der Waals surface area (Å²) in [5, 5.41) is 9.35. The van der Waals surface area contributed by atoms with Crippen molar-refractivity contribution < 1.29 is 9.90 Å². The number of amides is 1. The van der Waals surface area contributed by atoms with Gasteiger partial charge in [0.25, 0.3) is 5.91 Å². The Balaban J connectivity index is 1.91. The molecule has 5 heteroatoms. The number of aromatic hydroxyl groups is 1. The van der Waals surface area contributed by atoms with Gasteiger partial charge in [0.15, 0.2) is 4.32 Å². The molecule has 0 spiro atoms. The van der Waals surface area contributed by atoms with Crippen LogP contribution in [0.15, 0.2) is 53.4 Å². The summed E-state index contributed by atoms with van der Waals surface area (Å²) < 4.78 is 0.494. The molecule has 0 bridgehead atoms. The first-order chi connectivity index (χ1) is 10.5. The second-order valence-corrected chi connectivity index (χ2v) is 6.62. The highest BCUT2D eigenvalue weighted by Gasteiger charge is 2.33. The van der Waals surface area contributed by atoms with Crippen molar-refractivity contribution >= 4 is 46.0 Å². The highest BCUT2D eigenvalue weighted by molar-refractivity contribution is 8.27. The number of nitrogens with zero attached hydrogens (tertiary/aromatic N) is 1. The summed E-state index contributed by atoms with van der Waals surface area (Å²) in [6, 6.07) is 14.4. The molecule has 1 fully saturated rings. The van der Waals surface area contributed by atoms with E-state index in [1.54, 1.807) is 12.1 Å².